The van der Waals surface area contributed by atoms with Gasteiger partial charge in [-0.15, -0.1) is 0 Å². The van der Waals surface area contributed by atoms with Crippen molar-refractivity contribution in [2.75, 3.05) is 11.9 Å². The van der Waals surface area contributed by atoms with Crippen molar-refractivity contribution in [3.63, 3.8) is 0 Å². The van der Waals surface area contributed by atoms with Gasteiger partial charge in [0.2, 0.25) is 0 Å². The van der Waals surface area contributed by atoms with Gasteiger partial charge in [0, 0.05) is 22.8 Å². The van der Waals surface area contributed by atoms with Gasteiger partial charge in [-0.05, 0) is 107 Å². The second-order valence-electron chi connectivity index (χ2n) is 10.1. The number of fused-ring (bicyclic) bond motifs is 3. The largest absolute Gasteiger partial charge is 0.490 e. The van der Waals surface area contributed by atoms with Gasteiger partial charge in [-0.1, -0.05) is 66.2 Å². The lowest BCUT2D eigenvalue weighted by atomic mass is 9.77. The summed E-state index contributed by atoms with van der Waals surface area (Å²) in [4.78, 5) is 4.77. The first-order valence-electron chi connectivity index (χ1n) is 13.6. The van der Waals surface area contributed by atoms with Crippen LogP contribution in [0.2, 0.25) is 5.02 Å². The average Bonchev–Trinajstić information content (AvgIpc) is 3.46. The molecule has 1 N–H and O–H groups in total. The lowest BCUT2D eigenvalue weighted by molar-refractivity contribution is 0.267. The Labute approximate surface area is 254 Å². The monoisotopic (exact) mass is 660 g/mol. The number of nitrogens with one attached hydrogen (secondary N) is 1. The van der Waals surface area contributed by atoms with Gasteiger partial charge in [-0.3, -0.25) is 4.99 Å². The molecule has 4 aromatic carbocycles. The van der Waals surface area contributed by atoms with E-state index in [0.717, 1.165) is 32.6 Å². The third-order valence-electron chi connectivity index (χ3n) is 7.49. The molecule has 0 spiro atoms. The molecular weight excluding hydrogens is 631 g/mol. The van der Waals surface area contributed by atoms with Crippen LogP contribution < -0.4 is 14.8 Å². The quantitative estimate of drug-likeness (QED) is 0.116. The predicted molar refractivity (Wildman–Crippen MR) is 173 cm³/mol. The van der Waals surface area contributed by atoms with Crippen molar-refractivity contribution in [2.24, 2.45) is 10.9 Å². The van der Waals surface area contributed by atoms with Crippen LogP contribution in [-0.4, -0.2) is 12.8 Å². The first-order valence-corrected chi connectivity index (χ1v) is 15.0. The molecule has 0 saturated heterocycles. The van der Waals surface area contributed by atoms with Crippen LogP contribution in [-0.2, 0) is 6.61 Å². The second kappa shape index (κ2) is 12.1. The van der Waals surface area contributed by atoms with Crippen molar-refractivity contribution >= 4 is 51.8 Å². The molecule has 0 bridgehead atoms. The van der Waals surface area contributed by atoms with E-state index in [2.05, 4.69) is 94.7 Å². The van der Waals surface area contributed by atoms with Crippen molar-refractivity contribution in [3.05, 3.63) is 128 Å². The standard InChI is InChI=1S/C34H30ClIN2O2/c1-2-39-32-19-23(18-30(36)34(32)40-21-22-7-5-8-25(35)17-22)20-37-26-15-13-24(14-16-26)33-29-11-6-10-27(29)28-9-3-4-12-31(28)38-33/h3-10,12-20,27,29,33,38H,2,11,21H2,1H3/t27-,29+,33-/m0/s1. The van der Waals surface area contributed by atoms with Crippen molar-refractivity contribution in [3.8, 4) is 11.5 Å². The lowest BCUT2D eigenvalue weighted by Crippen LogP contribution is -2.28. The lowest BCUT2D eigenvalue weighted by Gasteiger charge is -2.37. The number of anilines is 1. The summed E-state index contributed by atoms with van der Waals surface area (Å²) in [5.41, 5.74) is 6.81. The van der Waals surface area contributed by atoms with E-state index < -0.39 is 0 Å². The number of benzene rings is 4. The number of rotatable bonds is 8. The maximum atomic E-state index is 6.16. The predicted octanol–water partition coefficient (Wildman–Crippen LogP) is 9.50. The minimum atomic E-state index is 0.280. The van der Waals surface area contributed by atoms with E-state index in [-0.39, 0.29) is 6.04 Å². The van der Waals surface area contributed by atoms with Gasteiger partial charge < -0.3 is 14.8 Å². The highest BCUT2D eigenvalue weighted by molar-refractivity contribution is 14.1. The maximum Gasteiger partial charge on any atom is 0.175 e. The van der Waals surface area contributed by atoms with E-state index in [4.69, 9.17) is 26.1 Å². The fourth-order valence-corrected chi connectivity index (χ4v) is 6.63. The SMILES string of the molecule is CCOc1cc(C=Nc2ccc([C@@H]3Nc4ccccc4[C@@H]4C=CC[C@H]43)cc2)cc(I)c1OCc1cccc(Cl)c1. The Bertz CT molecular complexity index is 1570. The highest BCUT2D eigenvalue weighted by atomic mass is 127. The molecule has 0 radical (unpaired) electrons. The first kappa shape index (κ1) is 26.9. The fraction of sp³-hybridized carbons (Fsp3) is 0.206. The second-order valence-corrected chi connectivity index (χ2v) is 11.7. The van der Waals surface area contributed by atoms with Gasteiger partial charge in [0.25, 0.3) is 0 Å². The number of allylic oxidation sites excluding steroid dienone is 2. The first-order chi connectivity index (χ1) is 19.6. The summed E-state index contributed by atoms with van der Waals surface area (Å²) in [6.45, 7) is 2.93. The van der Waals surface area contributed by atoms with Crippen molar-refractivity contribution < 1.29 is 9.47 Å². The van der Waals surface area contributed by atoms with Gasteiger partial charge in [0.05, 0.1) is 21.9 Å². The number of ether oxygens (including phenoxy) is 2. The molecule has 0 amide bonds. The Morgan fingerprint density at radius 3 is 2.67 bits per heavy atom. The summed E-state index contributed by atoms with van der Waals surface area (Å²) < 4.78 is 13.1. The minimum Gasteiger partial charge on any atom is -0.490 e. The van der Waals surface area contributed by atoms with Crippen LogP contribution in [0.3, 0.4) is 0 Å². The summed E-state index contributed by atoms with van der Waals surface area (Å²) in [6.07, 6.45) is 7.68. The highest BCUT2D eigenvalue weighted by Crippen LogP contribution is 2.49. The number of para-hydroxylation sites is 1. The Morgan fingerprint density at radius 2 is 1.85 bits per heavy atom. The van der Waals surface area contributed by atoms with E-state index in [0.29, 0.717) is 35.8 Å². The molecule has 0 aromatic heterocycles. The van der Waals surface area contributed by atoms with Crippen LogP contribution in [0.15, 0.2) is 102 Å². The van der Waals surface area contributed by atoms with Gasteiger partial charge in [-0.2, -0.15) is 0 Å². The molecule has 3 atom stereocenters. The Hall–Kier alpha value is -3.29. The Kier molecular flexibility index (Phi) is 8.12. The highest BCUT2D eigenvalue weighted by Gasteiger charge is 2.37. The average molecular weight is 661 g/mol. The van der Waals surface area contributed by atoms with E-state index in [1.54, 1.807) is 0 Å². The molecule has 202 valence electrons. The molecule has 1 heterocycles. The topological polar surface area (TPSA) is 42.8 Å². The fourth-order valence-electron chi connectivity index (χ4n) is 5.64. The van der Waals surface area contributed by atoms with E-state index in [1.807, 2.05) is 43.5 Å². The molecule has 0 unspecified atom stereocenters. The van der Waals surface area contributed by atoms with Crippen LogP contribution in [0.5, 0.6) is 11.5 Å². The summed E-state index contributed by atoms with van der Waals surface area (Å²) in [5.74, 6) is 2.43. The molecule has 4 nitrogen and oxygen atoms in total. The zero-order valence-electron chi connectivity index (χ0n) is 22.2. The third-order valence-corrected chi connectivity index (χ3v) is 8.53. The van der Waals surface area contributed by atoms with E-state index in [1.165, 1.54) is 16.8 Å². The third kappa shape index (κ3) is 5.77. The number of halogens is 2. The normalized spacial score (nSPS) is 19.2. The summed E-state index contributed by atoms with van der Waals surface area (Å²) in [6, 6.07) is 29.3. The van der Waals surface area contributed by atoms with Crippen LogP contribution in [0, 0.1) is 9.49 Å². The van der Waals surface area contributed by atoms with Gasteiger partial charge in [0.1, 0.15) is 6.61 Å². The number of nitrogens with zero attached hydrogens (tertiary/aromatic N) is 1. The van der Waals surface area contributed by atoms with Crippen molar-refractivity contribution in [2.45, 2.75) is 31.9 Å². The number of hydrogen-bond acceptors (Lipinski definition) is 4. The van der Waals surface area contributed by atoms with E-state index >= 15 is 0 Å². The zero-order valence-corrected chi connectivity index (χ0v) is 25.1. The zero-order chi connectivity index (χ0) is 27.5. The Balaban J connectivity index is 1.18. The molecule has 6 rings (SSSR count). The molecule has 1 aliphatic heterocycles. The molecular formula is C34H30ClIN2O2. The molecule has 0 fully saturated rings. The van der Waals surface area contributed by atoms with Crippen molar-refractivity contribution in [1.82, 2.24) is 0 Å². The minimum absolute atomic E-state index is 0.280. The molecule has 6 heteroatoms. The summed E-state index contributed by atoms with van der Waals surface area (Å²) in [7, 11) is 0. The molecule has 4 aromatic rings. The van der Waals surface area contributed by atoms with Crippen LogP contribution in [0.25, 0.3) is 0 Å². The van der Waals surface area contributed by atoms with Crippen molar-refractivity contribution in [1.29, 1.82) is 0 Å². The summed E-state index contributed by atoms with van der Waals surface area (Å²) >= 11 is 8.42. The molecule has 40 heavy (non-hydrogen) atoms. The van der Waals surface area contributed by atoms with Gasteiger partial charge in [-0.25, -0.2) is 0 Å². The van der Waals surface area contributed by atoms with Gasteiger partial charge in [0.15, 0.2) is 11.5 Å². The number of hydrogen-bond donors (Lipinski definition) is 1. The van der Waals surface area contributed by atoms with Crippen LogP contribution >= 0.6 is 34.2 Å². The Morgan fingerprint density at radius 1 is 1.00 bits per heavy atom. The smallest absolute Gasteiger partial charge is 0.175 e. The summed E-state index contributed by atoms with van der Waals surface area (Å²) in [5, 5.41) is 4.50. The van der Waals surface area contributed by atoms with Crippen LogP contribution in [0.4, 0.5) is 11.4 Å². The molecule has 2 aliphatic rings. The molecule has 1 aliphatic carbocycles. The number of aliphatic imine (C=N–C) groups is 1. The van der Waals surface area contributed by atoms with Gasteiger partial charge >= 0.3 is 0 Å². The maximum absolute atomic E-state index is 6.16. The van der Waals surface area contributed by atoms with E-state index in [9.17, 15) is 0 Å². The molecule has 0 saturated carbocycles. The van der Waals surface area contributed by atoms with Crippen LogP contribution in [0.1, 0.15) is 47.6 Å².